The quantitative estimate of drug-likeness (QED) is 0.585. The molecule has 0 saturated carbocycles. The van der Waals surface area contributed by atoms with Crippen LogP contribution in [-0.2, 0) is 4.79 Å². The molecule has 0 unspecified atom stereocenters. The molecule has 1 rings (SSSR count). The number of hydrogen-bond donors (Lipinski definition) is 2. The van der Waals surface area contributed by atoms with Crippen molar-refractivity contribution in [3.8, 4) is 0 Å². The molecule has 1 aromatic carbocycles. The topological polar surface area (TPSA) is 102 Å². The Morgan fingerprint density at radius 1 is 1.45 bits per heavy atom. The summed E-state index contributed by atoms with van der Waals surface area (Å²) in [5, 5.41) is 14.0. The molecule has 0 heterocycles. The van der Waals surface area contributed by atoms with E-state index in [1.807, 2.05) is 20.8 Å². The average Bonchev–Trinajstić information content (AvgIpc) is 2.35. The average molecular weight is 280 g/mol. The molecule has 0 bridgehead atoms. The molecule has 0 saturated heterocycles. The van der Waals surface area contributed by atoms with Crippen molar-refractivity contribution in [2.45, 2.75) is 26.8 Å². The number of nitro groups is 1. The molecule has 0 aliphatic carbocycles. The molecule has 0 radical (unpaired) electrons. The van der Waals surface area contributed by atoms with E-state index in [1.165, 1.54) is 12.1 Å². The maximum atomic E-state index is 11.1. The number of carbonyl (C=O) groups is 1. The standard InChI is InChI=1S/C13H20N4O3/c1-4-15-10-5-11(7-12(6-10)17(19)20)16(9(2)3)8-13(14)18/h5-7,9,15H,4,8H2,1-3H3,(H2,14,18). The number of benzene rings is 1. The number of anilines is 2. The molecule has 0 aliphatic heterocycles. The molecule has 1 amide bonds. The summed E-state index contributed by atoms with van der Waals surface area (Å²) in [5.74, 6) is -0.477. The van der Waals surface area contributed by atoms with Gasteiger partial charge in [-0.15, -0.1) is 0 Å². The van der Waals surface area contributed by atoms with Crippen LogP contribution in [0, 0.1) is 10.1 Å². The van der Waals surface area contributed by atoms with E-state index in [9.17, 15) is 14.9 Å². The Morgan fingerprint density at radius 2 is 2.10 bits per heavy atom. The number of nitrogens with zero attached hydrogens (tertiary/aromatic N) is 2. The van der Waals surface area contributed by atoms with Crippen LogP contribution >= 0.6 is 0 Å². The Hall–Kier alpha value is -2.31. The van der Waals surface area contributed by atoms with Crippen molar-refractivity contribution in [3.63, 3.8) is 0 Å². The van der Waals surface area contributed by atoms with E-state index in [4.69, 9.17) is 5.73 Å². The third-order valence-electron chi connectivity index (χ3n) is 2.78. The zero-order valence-electron chi connectivity index (χ0n) is 11.9. The van der Waals surface area contributed by atoms with Crippen molar-refractivity contribution in [2.24, 2.45) is 5.73 Å². The first-order valence-electron chi connectivity index (χ1n) is 6.43. The van der Waals surface area contributed by atoms with Crippen LogP contribution < -0.4 is 16.0 Å². The van der Waals surface area contributed by atoms with Crippen LogP contribution in [0.4, 0.5) is 17.1 Å². The summed E-state index contributed by atoms with van der Waals surface area (Å²) in [6.45, 7) is 6.37. The predicted octanol–water partition coefficient (Wildman–Crippen LogP) is 1.73. The van der Waals surface area contributed by atoms with Gasteiger partial charge in [0.2, 0.25) is 5.91 Å². The first-order valence-corrected chi connectivity index (χ1v) is 6.43. The maximum Gasteiger partial charge on any atom is 0.273 e. The fraction of sp³-hybridized carbons (Fsp3) is 0.462. The summed E-state index contributed by atoms with van der Waals surface area (Å²) >= 11 is 0. The van der Waals surface area contributed by atoms with E-state index >= 15 is 0 Å². The van der Waals surface area contributed by atoms with Crippen LogP contribution in [0.15, 0.2) is 18.2 Å². The molecule has 0 aliphatic rings. The number of carbonyl (C=O) groups excluding carboxylic acids is 1. The molecule has 110 valence electrons. The summed E-state index contributed by atoms with van der Waals surface area (Å²) in [6.07, 6.45) is 0. The first kappa shape index (κ1) is 15.7. The van der Waals surface area contributed by atoms with Gasteiger partial charge in [0.15, 0.2) is 0 Å². The highest BCUT2D eigenvalue weighted by Crippen LogP contribution is 2.28. The molecule has 7 nitrogen and oxygen atoms in total. The number of non-ortho nitro benzene ring substituents is 1. The number of nitrogens with one attached hydrogen (secondary N) is 1. The number of nitrogens with two attached hydrogens (primary N) is 1. The summed E-state index contributed by atoms with van der Waals surface area (Å²) in [4.78, 5) is 23.4. The van der Waals surface area contributed by atoms with Crippen LogP contribution in [0.5, 0.6) is 0 Å². The van der Waals surface area contributed by atoms with Crippen molar-refractivity contribution in [2.75, 3.05) is 23.3 Å². The number of primary amides is 1. The molecule has 7 heteroatoms. The van der Waals surface area contributed by atoms with E-state index in [2.05, 4.69) is 5.32 Å². The number of nitro benzene ring substituents is 1. The van der Waals surface area contributed by atoms with Gasteiger partial charge in [-0.2, -0.15) is 0 Å². The minimum absolute atomic E-state index is 0.000944. The number of amides is 1. The van der Waals surface area contributed by atoms with Gasteiger partial charge in [-0.05, 0) is 26.8 Å². The van der Waals surface area contributed by atoms with Gasteiger partial charge in [-0.25, -0.2) is 0 Å². The Balaban J connectivity index is 3.24. The van der Waals surface area contributed by atoms with E-state index in [0.717, 1.165) is 0 Å². The Bertz CT molecular complexity index is 502. The molecular weight excluding hydrogens is 260 g/mol. The van der Waals surface area contributed by atoms with Gasteiger partial charge in [-0.1, -0.05) is 0 Å². The maximum absolute atomic E-state index is 11.1. The largest absolute Gasteiger partial charge is 0.385 e. The highest BCUT2D eigenvalue weighted by Gasteiger charge is 2.17. The minimum Gasteiger partial charge on any atom is -0.385 e. The summed E-state index contributed by atoms with van der Waals surface area (Å²) in [5.41, 5.74) is 6.46. The van der Waals surface area contributed by atoms with E-state index in [1.54, 1.807) is 11.0 Å². The van der Waals surface area contributed by atoms with Crippen molar-refractivity contribution >= 4 is 23.0 Å². The Morgan fingerprint density at radius 3 is 2.55 bits per heavy atom. The molecule has 1 aromatic rings. The lowest BCUT2D eigenvalue weighted by molar-refractivity contribution is -0.384. The van der Waals surface area contributed by atoms with Gasteiger partial charge in [-0.3, -0.25) is 14.9 Å². The molecular formula is C13H20N4O3. The molecule has 20 heavy (non-hydrogen) atoms. The molecule has 0 fully saturated rings. The van der Waals surface area contributed by atoms with E-state index in [0.29, 0.717) is 17.9 Å². The number of hydrogen-bond acceptors (Lipinski definition) is 5. The van der Waals surface area contributed by atoms with Gasteiger partial charge in [0.25, 0.3) is 5.69 Å². The zero-order valence-corrected chi connectivity index (χ0v) is 11.9. The summed E-state index contributed by atoms with van der Waals surface area (Å²) in [6, 6.07) is 4.69. The zero-order chi connectivity index (χ0) is 15.3. The molecule has 0 spiro atoms. The number of rotatable bonds is 7. The van der Waals surface area contributed by atoms with Crippen LogP contribution in [0.3, 0.4) is 0 Å². The van der Waals surface area contributed by atoms with Gasteiger partial charge in [0, 0.05) is 36.1 Å². The van der Waals surface area contributed by atoms with E-state index in [-0.39, 0.29) is 18.3 Å². The third kappa shape index (κ3) is 4.11. The van der Waals surface area contributed by atoms with Crippen LogP contribution in [0.1, 0.15) is 20.8 Å². The second-order valence-electron chi connectivity index (χ2n) is 4.71. The molecule has 3 N–H and O–H groups in total. The second kappa shape index (κ2) is 6.74. The van der Waals surface area contributed by atoms with Crippen molar-refractivity contribution in [3.05, 3.63) is 28.3 Å². The van der Waals surface area contributed by atoms with Gasteiger partial charge >= 0.3 is 0 Å². The lowest BCUT2D eigenvalue weighted by Gasteiger charge is -2.28. The monoisotopic (exact) mass is 280 g/mol. The fourth-order valence-electron chi connectivity index (χ4n) is 1.91. The van der Waals surface area contributed by atoms with Gasteiger partial charge in [0.1, 0.15) is 0 Å². The van der Waals surface area contributed by atoms with Crippen molar-refractivity contribution < 1.29 is 9.72 Å². The van der Waals surface area contributed by atoms with Crippen molar-refractivity contribution in [1.82, 2.24) is 0 Å². The van der Waals surface area contributed by atoms with E-state index < -0.39 is 10.8 Å². The highest BCUT2D eigenvalue weighted by atomic mass is 16.6. The first-order chi connectivity index (χ1) is 9.35. The Labute approximate surface area is 117 Å². The Kier molecular flexibility index (Phi) is 5.31. The van der Waals surface area contributed by atoms with Crippen LogP contribution in [-0.4, -0.2) is 30.0 Å². The molecule has 0 aromatic heterocycles. The molecule has 0 atom stereocenters. The van der Waals surface area contributed by atoms with Gasteiger partial charge in [0.05, 0.1) is 11.5 Å². The van der Waals surface area contributed by atoms with Crippen LogP contribution in [0.25, 0.3) is 0 Å². The van der Waals surface area contributed by atoms with Gasteiger partial charge < -0.3 is 16.0 Å². The summed E-state index contributed by atoms with van der Waals surface area (Å²) < 4.78 is 0. The fourth-order valence-corrected chi connectivity index (χ4v) is 1.91. The summed E-state index contributed by atoms with van der Waals surface area (Å²) in [7, 11) is 0. The SMILES string of the molecule is CCNc1cc(N(CC(N)=O)C(C)C)cc([N+](=O)[O-])c1. The minimum atomic E-state index is -0.477. The van der Waals surface area contributed by atoms with Crippen molar-refractivity contribution in [1.29, 1.82) is 0 Å². The smallest absolute Gasteiger partial charge is 0.273 e. The van der Waals surface area contributed by atoms with Crippen LogP contribution in [0.2, 0.25) is 0 Å². The predicted molar refractivity (Wildman–Crippen MR) is 78.9 cm³/mol. The lowest BCUT2D eigenvalue weighted by atomic mass is 10.2. The lowest BCUT2D eigenvalue weighted by Crippen LogP contribution is -2.38. The normalized spacial score (nSPS) is 10.4. The highest BCUT2D eigenvalue weighted by molar-refractivity contribution is 5.80. The third-order valence-corrected chi connectivity index (χ3v) is 2.78. The second-order valence-corrected chi connectivity index (χ2v) is 4.71.